The highest BCUT2D eigenvalue weighted by molar-refractivity contribution is 9.10. The lowest BCUT2D eigenvalue weighted by Gasteiger charge is -2.16. The molecule has 1 atom stereocenters. The SMILES string of the molecule is Brc1cccc(OCCC2CCCCCN2)c1. The van der Waals surface area contributed by atoms with Crippen LogP contribution in [0, 0.1) is 0 Å². The molecule has 1 aromatic rings. The summed E-state index contributed by atoms with van der Waals surface area (Å²) in [6.07, 6.45) is 6.45. The standard InChI is InChI=1S/C14H20BrNO/c15-12-5-4-7-14(11-12)17-10-8-13-6-2-1-3-9-16-13/h4-5,7,11,13,16H,1-3,6,8-10H2. The molecule has 17 heavy (non-hydrogen) atoms. The molecule has 2 nitrogen and oxygen atoms in total. The number of hydrogen-bond donors (Lipinski definition) is 1. The third kappa shape index (κ3) is 4.68. The third-order valence-electron chi connectivity index (χ3n) is 3.19. The molecule has 2 rings (SSSR count). The average molecular weight is 298 g/mol. The van der Waals surface area contributed by atoms with Crippen LogP contribution in [0.15, 0.2) is 28.7 Å². The average Bonchev–Trinajstić information content (AvgIpc) is 2.58. The molecule has 1 aromatic carbocycles. The van der Waals surface area contributed by atoms with Crippen molar-refractivity contribution in [3.05, 3.63) is 28.7 Å². The van der Waals surface area contributed by atoms with E-state index in [4.69, 9.17) is 4.74 Å². The zero-order chi connectivity index (χ0) is 11.9. The number of halogens is 1. The molecule has 0 bridgehead atoms. The number of rotatable bonds is 4. The van der Waals surface area contributed by atoms with Gasteiger partial charge in [-0.25, -0.2) is 0 Å². The first kappa shape index (κ1) is 12.9. The minimum Gasteiger partial charge on any atom is -0.493 e. The van der Waals surface area contributed by atoms with Crippen molar-refractivity contribution in [2.24, 2.45) is 0 Å². The van der Waals surface area contributed by atoms with E-state index in [-0.39, 0.29) is 0 Å². The van der Waals surface area contributed by atoms with Gasteiger partial charge in [0.05, 0.1) is 6.61 Å². The lowest BCUT2D eigenvalue weighted by atomic mass is 10.1. The van der Waals surface area contributed by atoms with E-state index in [0.717, 1.165) is 23.2 Å². The fraction of sp³-hybridized carbons (Fsp3) is 0.571. The van der Waals surface area contributed by atoms with Crippen LogP contribution in [-0.4, -0.2) is 19.2 Å². The largest absolute Gasteiger partial charge is 0.493 e. The Labute approximate surface area is 112 Å². The summed E-state index contributed by atoms with van der Waals surface area (Å²) in [6.45, 7) is 1.97. The first-order valence-electron chi connectivity index (χ1n) is 6.46. The summed E-state index contributed by atoms with van der Waals surface area (Å²) in [5, 5.41) is 3.59. The van der Waals surface area contributed by atoms with Gasteiger partial charge in [0, 0.05) is 10.5 Å². The Balaban J connectivity index is 1.71. The molecule has 0 aromatic heterocycles. The lowest BCUT2D eigenvalue weighted by molar-refractivity contribution is 0.283. The first-order chi connectivity index (χ1) is 8.34. The lowest BCUT2D eigenvalue weighted by Crippen LogP contribution is -2.29. The maximum Gasteiger partial charge on any atom is 0.120 e. The van der Waals surface area contributed by atoms with Crippen molar-refractivity contribution in [3.8, 4) is 5.75 Å². The molecule has 1 saturated heterocycles. The molecule has 1 N–H and O–H groups in total. The minimum atomic E-state index is 0.643. The van der Waals surface area contributed by atoms with Crippen molar-refractivity contribution in [2.45, 2.75) is 38.1 Å². The van der Waals surface area contributed by atoms with E-state index in [1.165, 1.54) is 32.2 Å². The van der Waals surface area contributed by atoms with Crippen molar-refractivity contribution < 1.29 is 4.74 Å². The second-order valence-electron chi connectivity index (χ2n) is 4.59. The molecule has 0 spiro atoms. The Morgan fingerprint density at radius 3 is 3.12 bits per heavy atom. The molecular weight excluding hydrogens is 278 g/mol. The summed E-state index contributed by atoms with van der Waals surface area (Å²) in [7, 11) is 0. The smallest absolute Gasteiger partial charge is 0.120 e. The van der Waals surface area contributed by atoms with E-state index in [0.29, 0.717) is 6.04 Å². The van der Waals surface area contributed by atoms with Gasteiger partial charge in [0.25, 0.3) is 0 Å². The summed E-state index contributed by atoms with van der Waals surface area (Å²) in [5.74, 6) is 0.952. The van der Waals surface area contributed by atoms with Crippen molar-refractivity contribution in [1.29, 1.82) is 0 Å². The van der Waals surface area contributed by atoms with Crippen molar-refractivity contribution in [1.82, 2.24) is 5.32 Å². The molecule has 94 valence electrons. The number of benzene rings is 1. The summed E-state index contributed by atoms with van der Waals surface area (Å²) < 4.78 is 6.83. The highest BCUT2D eigenvalue weighted by Gasteiger charge is 2.10. The minimum absolute atomic E-state index is 0.643. The zero-order valence-corrected chi connectivity index (χ0v) is 11.7. The van der Waals surface area contributed by atoms with E-state index < -0.39 is 0 Å². The number of nitrogens with one attached hydrogen (secondary N) is 1. The van der Waals surface area contributed by atoms with Crippen LogP contribution in [0.3, 0.4) is 0 Å². The zero-order valence-electron chi connectivity index (χ0n) is 10.1. The van der Waals surface area contributed by atoms with Crippen LogP contribution >= 0.6 is 15.9 Å². The van der Waals surface area contributed by atoms with E-state index in [1.54, 1.807) is 0 Å². The quantitative estimate of drug-likeness (QED) is 0.914. The monoisotopic (exact) mass is 297 g/mol. The topological polar surface area (TPSA) is 21.3 Å². The fourth-order valence-electron chi connectivity index (χ4n) is 2.22. The van der Waals surface area contributed by atoms with Crippen LogP contribution in [0.5, 0.6) is 5.75 Å². The van der Waals surface area contributed by atoms with Gasteiger partial charge in [0.2, 0.25) is 0 Å². The van der Waals surface area contributed by atoms with E-state index in [1.807, 2.05) is 24.3 Å². The van der Waals surface area contributed by atoms with Crippen LogP contribution in [0.25, 0.3) is 0 Å². The Kier molecular flexibility index (Phi) is 5.33. The molecule has 0 aliphatic carbocycles. The Morgan fingerprint density at radius 1 is 1.29 bits per heavy atom. The molecule has 0 amide bonds. The highest BCUT2D eigenvalue weighted by atomic mass is 79.9. The summed E-state index contributed by atoms with van der Waals surface area (Å²) >= 11 is 3.45. The molecule has 1 aliphatic heterocycles. The van der Waals surface area contributed by atoms with Gasteiger partial charge in [-0.15, -0.1) is 0 Å². The maximum absolute atomic E-state index is 5.76. The second kappa shape index (κ2) is 7.02. The van der Waals surface area contributed by atoms with Crippen LogP contribution in [0.2, 0.25) is 0 Å². The highest BCUT2D eigenvalue weighted by Crippen LogP contribution is 2.18. The van der Waals surface area contributed by atoms with Crippen LogP contribution in [0.1, 0.15) is 32.1 Å². The Hall–Kier alpha value is -0.540. The third-order valence-corrected chi connectivity index (χ3v) is 3.69. The van der Waals surface area contributed by atoms with Crippen molar-refractivity contribution in [2.75, 3.05) is 13.2 Å². The Morgan fingerprint density at radius 2 is 2.24 bits per heavy atom. The van der Waals surface area contributed by atoms with Gasteiger partial charge in [-0.3, -0.25) is 0 Å². The molecule has 0 saturated carbocycles. The fourth-order valence-corrected chi connectivity index (χ4v) is 2.60. The molecule has 1 fully saturated rings. The molecule has 1 unspecified atom stereocenters. The molecule has 3 heteroatoms. The normalized spacial score (nSPS) is 20.9. The molecule has 1 aliphatic rings. The second-order valence-corrected chi connectivity index (χ2v) is 5.51. The van der Waals surface area contributed by atoms with Crippen LogP contribution in [0.4, 0.5) is 0 Å². The van der Waals surface area contributed by atoms with E-state index >= 15 is 0 Å². The Bertz CT molecular complexity index is 335. The van der Waals surface area contributed by atoms with E-state index in [9.17, 15) is 0 Å². The maximum atomic E-state index is 5.76. The first-order valence-corrected chi connectivity index (χ1v) is 7.25. The summed E-state index contributed by atoms with van der Waals surface area (Å²) in [4.78, 5) is 0. The van der Waals surface area contributed by atoms with Gasteiger partial charge in [0.15, 0.2) is 0 Å². The number of hydrogen-bond acceptors (Lipinski definition) is 2. The predicted octanol–water partition coefficient (Wildman–Crippen LogP) is 3.75. The van der Waals surface area contributed by atoms with Gasteiger partial charge in [-0.1, -0.05) is 34.8 Å². The van der Waals surface area contributed by atoms with Gasteiger partial charge < -0.3 is 10.1 Å². The van der Waals surface area contributed by atoms with Crippen molar-refractivity contribution in [3.63, 3.8) is 0 Å². The number of ether oxygens (including phenoxy) is 1. The van der Waals surface area contributed by atoms with Gasteiger partial charge in [-0.2, -0.15) is 0 Å². The summed E-state index contributed by atoms with van der Waals surface area (Å²) in [6, 6.07) is 8.68. The van der Waals surface area contributed by atoms with E-state index in [2.05, 4.69) is 21.2 Å². The van der Waals surface area contributed by atoms with Gasteiger partial charge in [0.1, 0.15) is 5.75 Å². The molecule has 0 radical (unpaired) electrons. The molecular formula is C14H20BrNO. The molecule has 1 heterocycles. The van der Waals surface area contributed by atoms with Crippen molar-refractivity contribution >= 4 is 15.9 Å². The van der Waals surface area contributed by atoms with Gasteiger partial charge >= 0.3 is 0 Å². The van der Waals surface area contributed by atoms with Crippen LogP contribution in [-0.2, 0) is 0 Å². The summed E-state index contributed by atoms with van der Waals surface area (Å²) in [5.41, 5.74) is 0. The van der Waals surface area contributed by atoms with Crippen LogP contribution < -0.4 is 10.1 Å². The predicted molar refractivity (Wildman–Crippen MR) is 74.5 cm³/mol. The van der Waals surface area contributed by atoms with Gasteiger partial charge in [-0.05, 0) is 44.0 Å².